The zero-order chi connectivity index (χ0) is 16.2. The van der Waals surface area contributed by atoms with Crippen LogP contribution in [-0.4, -0.2) is 39.2 Å². The maximum atomic E-state index is 12.3. The second kappa shape index (κ2) is 6.61. The van der Waals surface area contributed by atoms with Crippen LogP contribution in [0.25, 0.3) is 0 Å². The van der Waals surface area contributed by atoms with Gasteiger partial charge in [0.25, 0.3) is 5.91 Å². The summed E-state index contributed by atoms with van der Waals surface area (Å²) in [6.07, 6.45) is 0. The molecule has 116 valence electrons. The Morgan fingerprint density at radius 2 is 1.71 bits per heavy atom. The quantitative estimate of drug-likeness (QED) is 0.816. The minimum atomic E-state index is -4.70. The third kappa shape index (κ3) is 3.97. The van der Waals surface area contributed by atoms with Crippen LogP contribution in [0.4, 0.5) is 8.78 Å². The first-order valence-electron chi connectivity index (χ1n) is 5.71. The first kappa shape index (κ1) is 17.0. The highest BCUT2D eigenvalue weighted by Crippen LogP contribution is 2.18. The molecule has 0 aromatic heterocycles. The van der Waals surface area contributed by atoms with Crippen molar-refractivity contribution in [3.05, 3.63) is 29.8 Å². The standard InChI is InChI=1S/C12H13F2NO5S/c1-7(11(17)20-2)15-10(16)8-3-5-9(6-4-8)21(18,19)12(13)14/h3-7,12H,1-2H3,(H,15,16)/t7-/m1/s1. The molecule has 21 heavy (non-hydrogen) atoms. The second-order valence-corrected chi connectivity index (χ2v) is 5.97. The predicted molar refractivity (Wildman–Crippen MR) is 68.6 cm³/mol. The van der Waals surface area contributed by atoms with Gasteiger partial charge in [0.2, 0.25) is 9.84 Å². The summed E-state index contributed by atoms with van der Waals surface area (Å²) in [5.41, 5.74) is 0.0268. The Labute approximate surface area is 120 Å². The van der Waals surface area contributed by atoms with Crippen molar-refractivity contribution in [2.75, 3.05) is 7.11 Å². The summed E-state index contributed by atoms with van der Waals surface area (Å²) in [5, 5.41) is 2.32. The zero-order valence-electron chi connectivity index (χ0n) is 11.2. The summed E-state index contributed by atoms with van der Waals surface area (Å²) in [5.74, 6) is -4.84. The first-order valence-corrected chi connectivity index (χ1v) is 7.25. The molecular weight excluding hydrogens is 308 g/mol. The molecule has 1 amide bonds. The molecule has 0 fully saturated rings. The van der Waals surface area contributed by atoms with E-state index in [0.717, 1.165) is 31.4 Å². The molecule has 0 saturated heterocycles. The number of methoxy groups -OCH3 is 1. The topological polar surface area (TPSA) is 89.5 Å². The van der Waals surface area contributed by atoms with Gasteiger partial charge >= 0.3 is 11.7 Å². The van der Waals surface area contributed by atoms with Crippen molar-refractivity contribution in [1.82, 2.24) is 5.32 Å². The van der Waals surface area contributed by atoms with Crippen LogP contribution in [-0.2, 0) is 19.4 Å². The van der Waals surface area contributed by atoms with E-state index in [2.05, 4.69) is 10.1 Å². The van der Waals surface area contributed by atoms with Gasteiger partial charge in [0, 0.05) is 5.56 Å². The number of hydrogen-bond acceptors (Lipinski definition) is 5. The van der Waals surface area contributed by atoms with Gasteiger partial charge in [-0.1, -0.05) is 0 Å². The molecule has 0 aliphatic carbocycles. The maximum Gasteiger partial charge on any atom is 0.341 e. The molecule has 1 aromatic carbocycles. The van der Waals surface area contributed by atoms with Crippen molar-refractivity contribution >= 4 is 21.7 Å². The van der Waals surface area contributed by atoms with Crippen LogP contribution in [0.1, 0.15) is 17.3 Å². The predicted octanol–water partition coefficient (Wildman–Crippen LogP) is 0.974. The molecule has 0 aliphatic heterocycles. The van der Waals surface area contributed by atoms with Crippen molar-refractivity contribution in [3.8, 4) is 0 Å². The van der Waals surface area contributed by atoms with E-state index in [4.69, 9.17) is 0 Å². The normalized spacial score (nSPS) is 12.8. The van der Waals surface area contributed by atoms with Gasteiger partial charge in [-0.3, -0.25) is 4.79 Å². The number of carbonyl (C=O) groups is 2. The Morgan fingerprint density at radius 1 is 1.19 bits per heavy atom. The highest BCUT2D eigenvalue weighted by Gasteiger charge is 2.26. The van der Waals surface area contributed by atoms with Crippen molar-refractivity contribution < 1.29 is 31.5 Å². The van der Waals surface area contributed by atoms with Crippen LogP contribution in [0.3, 0.4) is 0 Å². The second-order valence-electron chi connectivity index (χ2n) is 4.05. The Bertz CT molecular complexity index is 628. The summed E-state index contributed by atoms with van der Waals surface area (Å²) in [7, 11) is -3.54. The smallest absolute Gasteiger partial charge is 0.341 e. The van der Waals surface area contributed by atoms with Gasteiger partial charge in [-0.15, -0.1) is 0 Å². The summed E-state index contributed by atoms with van der Waals surface area (Å²) < 4.78 is 51.5. The highest BCUT2D eigenvalue weighted by atomic mass is 32.2. The SMILES string of the molecule is COC(=O)[C@@H](C)NC(=O)c1ccc(S(=O)(=O)C(F)F)cc1. The lowest BCUT2D eigenvalue weighted by molar-refractivity contribution is -0.142. The molecule has 0 aliphatic rings. The summed E-state index contributed by atoms with van der Waals surface area (Å²) >= 11 is 0. The highest BCUT2D eigenvalue weighted by molar-refractivity contribution is 7.91. The average molecular weight is 321 g/mol. The molecule has 0 unspecified atom stereocenters. The van der Waals surface area contributed by atoms with Crippen molar-refractivity contribution in [3.63, 3.8) is 0 Å². The van der Waals surface area contributed by atoms with E-state index in [-0.39, 0.29) is 5.56 Å². The van der Waals surface area contributed by atoms with E-state index < -0.39 is 38.4 Å². The number of rotatable bonds is 5. The number of hydrogen-bond donors (Lipinski definition) is 1. The number of alkyl halides is 2. The van der Waals surface area contributed by atoms with E-state index in [0.29, 0.717) is 0 Å². The molecule has 0 bridgehead atoms. The molecule has 0 spiro atoms. The Kier molecular flexibility index (Phi) is 5.36. The third-order valence-electron chi connectivity index (χ3n) is 2.58. The van der Waals surface area contributed by atoms with Crippen LogP contribution in [0.2, 0.25) is 0 Å². The number of esters is 1. The third-order valence-corrected chi connectivity index (χ3v) is 3.98. The van der Waals surface area contributed by atoms with Crippen LogP contribution in [0.15, 0.2) is 29.2 Å². The van der Waals surface area contributed by atoms with Crippen LogP contribution < -0.4 is 5.32 Å². The van der Waals surface area contributed by atoms with Crippen molar-refractivity contribution in [2.24, 2.45) is 0 Å². The van der Waals surface area contributed by atoms with E-state index >= 15 is 0 Å². The van der Waals surface area contributed by atoms with E-state index in [1.165, 1.54) is 6.92 Å². The van der Waals surface area contributed by atoms with Crippen molar-refractivity contribution in [1.29, 1.82) is 0 Å². The van der Waals surface area contributed by atoms with Crippen LogP contribution in [0.5, 0.6) is 0 Å². The molecule has 1 atom stereocenters. The number of ether oxygens (including phenoxy) is 1. The van der Waals surface area contributed by atoms with Gasteiger partial charge in [-0.05, 0) is 31.2 Å². The van der Waals surface area contributed by atoms with Crippen molar-refractivity contribution in [2.45, 2.75) is 23.6 Å². The number of halogens is 2. The lowest BCUT2D eigenvalue weighted by Crippen LogP contribution is -2.39. The van der Waals surface area contributed by atoms with E-state index in [1.54, 1.807) is 0 Å². The Balaban J connectivity index is 2.88. The molecule has 0 radical (unpaired) electrons. The van der Waals surface area contributed by atoms with Gasteiger partial charge in [-0.2, -0.15) is 8.78 Å². The molecule has 1 rings (SSSR count). The number of benzene rings is 1. The molecule has 0 saturated carbocycles. The van der Waals surface area contributed by atoms with Gasteiger partial charge in [0.05, 0.1) is 12.0 Å². The molecule has 0 heterocycles. The van der Waals surface area contributed by atoms with Crippen LogP contribution in [0, 0.1) is 0 Å². The van der Waals surface area contributed by atoms with Gasteiger partial charge in [0.15, 0.2) is 0 Å². The van der Waals surface area contributed by atoms with Gasteiger partial charge in [0.1, 0.15) is 6.04 Å². The fraction of sp³-hybridized carbons (Fsp3) is 0.333. The number of carbonyl (C=O) groups excluding carboxylic acids is 2. The summed E-state index contributed by atoms with van der Waals surface area (Å²) in [6, 6.07) is 3.06. The molecule has 1 N–H and O–H groups in total. The van der Waals surface area contributed by atoms with Crippen LogP contribution >= 0.6 is 0 Å². The Morgan fingerprint density at radius 3 is 2.14 bits per heavy atom. The fourth-order valence-corrected chi connectivity index (χ4v) is 2.14. The lowest BCUT2D eigenvalue weighted by atomic mass is 10.2. The minimum absolute atomic E-state index is 0.0268. The average Bonchev–Trinajstić information content (AvgIpc) is 2.46. The zero-order valence-corrected chi connectivity index (χ0v) is 12.0. The largest absolute Gasteiger partial charge is 0.467 e. The maximum absolute atomic E-state index is 12.3. The lowest BCUT2D eigenvalue weighted by Gasteiger charge is -2.11. The number of nitrogens with one attached hydrogen (secondary N) is 1. The van der Waals surface area contributed by atoms with E-state index in [1.807, 2.05) is 0 Å². The summed E-state index contributed by atoms with van der Waals surface area (Å²) in [4.78, 5) is 22.3. The fourth-order valence-electron chi connectivity index (χ4n) is 1.41. The molecule has 9 heteroatoms. The molecule has 6 nitrogen and oxygen atoms in total. The summed E-state index contributed by atoms with van der Waals surface area (Å²) in [6.45, 7) is 1.40. The Hall–Kier alpha value is -2.03. The van der Waals surface area contributed by atoms with Gasteiger partial charge in [-0.25, -0.2) is 13.2 Å². The monoisotopic (exact) mass is 321 g/mol. The molecular formula is C12H13F2NO5S. The minimum Gasteiger partial charge on any atom is -0.467 e. The first-order chi connectivity index (χ1) is 9.70. The molecule has 1 aromatic rings. The number of sulfone groups is 1. The number of amides is 1. The van der Waals surface area contributed by atoms with E-state index in [9.17, 15) is 26.8 Å². The van der Waals surface area contributed by atoms with Gasteiger partial charge < -0.3 is 10.1 Å².